The van der Waals surface area contributed by atoms with Crippen molar-refractivity contribution in [3.63, 3.8) is 0 Å². The van der Waals surface area contributed by atoms with Crippen molar-refractivity contribution in [2.75, 3.05) is 40.5 Å². The van der Waals surface area contributed by atoms with Crippen LogP contribution in [-0.4, -0.2) is 46.5 Å². The van der Waals surface area contributed by atoms with Crippen molar-refractivity contribution in [1.82, 2.24) is 10.6 Å². The number of guanidine groups is 1. The van der Waals surface area contributed by atoms with Crippen molar-refractivity contribution >= 4 is 5.96 Å². The lowest BCUT2D eigenvalue weighted by Gasteiger charge is -2.19. The molecule has 1 atom stereocenters. The molecule has 0 fully saturated rings. The van der Waals surface area contributed by atoms with Gasteiger partial charge in [0.25, 0.3) is 0 Å². The molecule has 158 valence electrons. The maximum absolute atomic E-state index is 5.87. The van der Waals surface area contributed by atoms with E-state index >= 15 is 0 Å². The summed E-state index contributed by atoms with van der Waals surface area (Å²) < 4.78 is 16.6. The number of nitrogens with zero attached hydrogens (tertiary/aromatic N) is 1. The molecule has 0 aliphatic heterocycles. The Kier molecular flexibility index (Phi) is 10.0. The standard InChI is InChI=1S/C23H33N3O3/c1-5-24-23(26-17-22(28-4)19-9-7-6-8-10-19)25-16-20-12-11-18(2)15-21(20)29-14-13-27-3/h6-12,15,22H,5,13-14,16-17H2,1-4H3,(H2,24,25,26). The second-order valence-electron chi connectivity index (χ2n) is 6.66. The van der Waals surface area contributed by atoms with Gasteiger partial charge < -0.3 is 24.8 Å². The number of hydrogen-bond acceptors (Lipinski definition) is 4. The fourth-order valence-electron chi connectivity index (χ4n) is 2.86. The van der Waals surface area contributed by atoms with E-state index in [1.165, 1.54) is 0 Å². The third kappa shape index (κ3) is 7.75. The first kappa shape index (κ1) is 22.7. The third-order valence-electron chi connectivity index (χ3n) is 4.43. The van der Waals surface area contributed by atoms with Gasteiger partial charge >= 0.3 is 0 Å². The van der Waals surface area contributed by atoms with Crippen molar-refractivity contribution in [2.24, 2.45) is 4.99 Å². The van der Waals surface area contributed by atoms with Gasteiger partial charge in [-0.05, 0) is 31.0 Å². The largest absolute Gasteiger partial charge is 0.491 e. The minimum absolute atomic E-state index is 0.0487. The minimum atomic E-state index is -0.0487. The van der Waals surface area contributed by atoms with Gasteiger partial charge in [0.05, 0.1) is 19.3 Å². The van der Waals surface area contributed by atoms with Crippen LogP contribution in [0.5, 0.6) is 5.75 Å². The monoisotopic (exact) mass is 399 g/mol. The average molecular weight is 400 g/mol. The zero-order valence-electron chi connectivity index (χ0n) is 17.9. The zero-order valence-corrected chi connectivity index (χ0v) is 17.9. The Bertz CT molecular complexity index is 750. The summed E-state index contributed by atoms with van der Waals surface area (Å²) in [5, 5.41) is 6.67. The van der Waals surface area contributed by atoms with Crippen LogP contribution in [0, 0.1) is 6.92 Å². The fourth-order valence-corrected chi connectivity index (χ4v) is 2.86. The summed E-state index contributed by atoms with van der Waals surface area (Å²) >= 11 is 0. The summed E-state index contributed by atoms with van der Waals surface area (Å²) in [5.74, 6) is 1.59. The highest BCUT2D eigenvalue weighted by Gasteiger charge is 2.11. The zero-order chi connectivity index (χ0) is 20.9. The Morgan fingerprint density at radius 3 is 2.52 bits per heavy atom. The van der Waals surface area contributed by atoms with Crippen LogP contribution in [0.3, 0.4) is 0 Å². The number of nitrogens with one attached hydrogen (secondary N) is 2. The smallest absolute Gasteiger partial charge is 0.191 e. The van der Waals surface area contributed by atoms with E-state index in [1.54, 1.807) is 14.2 Å². The van der Waals surface area contributed by atoms with Crippen LogP contribution in [0.15, 0.2) is 53.5 Å². The summed E-state index contributed by atoms with van der Waals surface area (Å²) in [6.45, 7) is 7.09. The lowest BCUT2D eigenvalue weighted by atomic mass is 10.1. The lowest BCUT2D eigenvalue weighted by Crippen LogP contribution is -2.39. The molecule has 0 aliphatic rings. The predicted octanol–water partition coefficient (Wildman–Crippen LogP) is 3.46. The molecule has 0 amide bonds. The quantitative estimate of drug-likeness (QED) is 0.344. The lowest BCUT2D eigenvalue weighted by molar-refractivity contribution is 0.106. The van der Waals surface area contributed by atoms with Crippen LogP contribution in [0.4, 0.5) is 0 Å². The number of aliphatic imine (C=N–C) groups is 1. The molecule has 2 aromatic rings. The fraction of sp³-hybridized carbons (Fsp3) is 0.435. The number of ether oxygens (including phenoxy) is 3. The number of aryl methyl sites for hydroxylation is 1. The normalized spacial score (nSPS) is 12.5. The molecule has 0 saturated heterocycles. The number of benzene rings is 2. The topological polar surface area (TPSA) is 64.1 Å². The summed E-state index contributed by atoms with van der Waals surface area (Å²) in [5.41, 5.74) is 3.32. The second-order valence-corrected chi connectivity index (χ2v) is 6.66. The van der Waals surface area contributed by atoms with Gasteiger partial charge in [0, 0.05) is 32.9 Å². The van der Waals surface area contributed by atoms with Crippen LogP contribution in [0.2, 0.25) is 0 Å². The van der Waals surface area contributed by atoms with Gasteiger partial charge in [-0.1, -0.05) is 42.5 Å². The molecule has 1 unspecified atom stereocenters. The van der Waals surface area contributed by atoms with Crippen molar-refractivity contribution in [1.29, 1.82) is 0 Å². The van der Waals surface area contributed by atoms with Crippen molar-refractivity contribution < 1.29 is 14.2 Å². The van der Waals surface area contributed by atoms with Crippen LogP contribution in [0.1, 0.15) is 29.7 Å². The highest BCUT2D eigenvalue weighted by Crippen LogP contribution is 2.21. The van der Waals surface area contributed by atoms with Crippen LogP contribution < -0.4 is 15.4 Å². The van der Waals surface area contributed by atoms with E-state index in [-0.39, 0.29) is 6.10 Å². The Hall–Kier alpha value is -2.57. The summed E-state index contributed by atoms with van der Waals surface area (Å²) in [4.78, 5) is 4.73. The van der Waals surface area contributed by atoms with Crippen LogP contribution in [0.25, 0.3) is 0 Å². The highest BCUT2D eigenvalue weighted by molar-refractivity contribution is 5.79. The van der Waals surface area contributed by atoms with Crippen LogP contribution in [-0.2, 0) is 16.0 Å². The molecule has 0 radical (unpaired) electrons. The van der Waals surface area contributed by atoms with Gasteiger partial charge in [-0.3, -0.25) is 0 Å². The molecule has 2 rings (SSSR count). The maximum atomic E-state index is 5.87. The van der Waals surface area contributed by atoms with E-state index in [4.69, 9.17) is 19.2 Å². The molecule has 29 heavy (non-hydrogen) atoms. The molecule has 2 aromatic carbocycles. The van der Waals surface area contributed by atoms with Crippen molar-refractivity contribution in [2.45, 2.75) is 26.5 Å². The number of hydrogen-bond donors (Lipinski definition) is 2. The van der Waals surface area contributed by atoms with Gasteiger partial charge in [-0.25, -0.2) is 4.99 Å². The Balaban J connectivity index is 2.04. The first-order valence-corrected chi connectivity index (χ1v) is 9.99. The first-order valence-electron chi connectivity index (χ1n) is 9.99. The predicted molar refractivity (Wildman–Crippen MR) is 118 cm³/mol. The van der Waals surface area contributed by atoms with Gasteiger partial charge in [0.1, 0.15) is 12.4 Å². The molecule has 0 heterocycles. The van der Waals surface area contributed by atoms with Crippen molar-refractivity contribution in [3.8, 4) is 5.75 Å². The van der Waals surface area contributed by atoms with Crippen molar-refractivity contribution in [3.05, 3.63) is 65.2 Å². The van der Waals surface area contributed by atoms with Gasteiger partial charge in [-0.2, -0.15) is 0 Å². The molecule has 0 saturated carbocycles. The summed E-state index contributed by atoms with van der Waals surface area (Å²) in [7, 11) is 3.39. The number of rotatable bonds is 11. The van der Waals surface area contributed by atoms with E-state index in [0.717, 1.165) is 34.9 Å². The molecule has 0 aromatic heterocycles. The first-order chi connectivity index (χ1) is 14.2. The summed E-state index contributed by atoms with van der Waals surface area (Å²) in [6, 6.07) is 16.3. The van der Waals surface area contributed by atoms with E-state index in [0.29, 0.717) is 26.3 Å². The SMILES string of the molecule is CCNC(=NCc1ccc(C)cc1OCCOC)NCC(OC)c1ccccc1. The Labute approximate surface area is 174 Å². The van der Waals surface area contributed by atoms with Gasteiger partial charge in [0.15, 0.2) is 5.96 Å². The molecule has 6 nitrogen and oxygen atoms in total. The number of methoxy groups -OCH3 is 2. The Morgan fingerprint density at radius 2 is 1.83 bits per heavy atom. The average Bonchev–Trinajstić information content (AvgIpc) is 2.74. The molecule has 2 N–H and O–H groups in total. The molecule has 0 aliphatic carbocycles. The Morgan fingerprint density at radius 1 is 1.03 bits per heavy atom. The van der Waals surface area contributed by atoms with E-state index in [1.807, 2.05) is 31.2 Å². The van der Waals surface area contributed by atoms with Crippen LogP contribution >= 0.6 is 0 Å². The highest BCUT2D eigenvalue weighted by atomic mass is 16.5. The molecule has 6 heteroatoms. The molecular weight excluding hydrogens is 366 g/mol. The molecular formula is C23H33N3O3. The van der Waals surface area contributed by atoms with E-state index < -0.39 is 0 Å². The maximum Gasteiger partial charge on any atom is 0.191 e. The molecule has 0 bridgehead atoms. The van der Waals surface area contributed by atoms with Gasteiger partial charge in [-0.15, -0.1) is 0 Å². The minimum Gasteiger partial charge on any atom is -0.491 e. The van der Waals surface area contributed by atoms with Gasteiger partial charge in [0.2, 0.25) is 0 Å². The van der Waals surface area contributed by atoms with E-state index in [2.05, 4.69) is 41.8 Å². The second kappa shape index (κ2) is 12.8. The van der Waals surface area contributed by atoms with E-state index in [9.17, 15) is 0 Å². The summed E-state index contributed by atoms with van der Waals surface area (Å²) in [6.07, 6.45) is -0.0487. The molecule has 0 spiro atoms. The third-order valence-corrected chi connectivity index (χ3v) is 4.43.